The van der Waals surface area contributed by atoms with Gasteiger partial charge < -0.3 is 5.32 Å². The van der Waals surface area contributed by atoms with Crippen molar-refractivity contribution in [3.05, 3.63) is 108 Å². The number of aryl methyl sites for hydroxylation is 2. The smallest absolute Gasteiger partial charge is 0.264 e. The molecule has 0 spiro atoms. The molecule has 0 radical (unpaired) electrons. The summed E-state index contributed by atoms with van der Waals surface area (Å²) in [7, 11) is -7.91. The molecule has 0 saturated carbocycles. The van der Waals surface area contributed by atoms with Gasteiger partial charge in [-0.1, -0.05) is 24.3 Å². The molecule has 4 aromatic rings. The van der Waals surface area contributed by atoms with E-state index in [0.717, 1.165) is 15.4 Å². The average Bonchev–Trinajstić information content (AvgIpc) is 2.88. The fourth-order valence-corrected chi connectivity index (χ4v) is 6.28. The van der Waals surface area contributed by atoms with Crippen molar-refractivity contribution in [3.8, 4) is 0 Å². The molecular formula is C27H26N4O5S2. The Kier molecular flexibility index (Phi) is 7.79. The van der Waals surface area contributed by atoms with Crippen LogP contribution >= 0.6 is 0 Å². The number of aromatic nitrogens is 1. The molecule has 2 N–H and O–H groups in total. The molecule has 0 bridgehead atoms. The first kappa shape index (κ1) is 26.8. The summed E-state index contributed by atoms with van der Waals surface area (Å²) in [6, 6.07) is 21.9. The quantitative estimate of drug-likeness (QED) is 0.320. The standard InChI is InChI=1S/C27H26N4O5S2/c1-20-15-21(2)17-24(16-20)31(38(35,36)26-8-4-3-5-9-26)19-27(32)29-22-10-12-25(13-11-22)37(33,34)30-23-7-6-14-28-18-23/h3-18,30H,19H2,1-2H3,(H,29,32). The normalized spacial score (nSPS) is 11.5. The summed E-state index contributed by atoms with van der Waals surface area (Å²) < 4.78 is 55.8. The van der Waals surface area contributed by atoms with Crippen LogP contribution in [0, 0.1) is 13.8 Å². The van der Waals surface area contributed by atoms with E-state index in [2.05, 4.69) is 15.0 Å². The van der Waals surface area contributed by atoms with Gasteiger partial charge in [0.1, 0.15) is 6.54 Å². The van der Waals surface area contributed by atoms with Crippen LogP contribution < -0.4 is 14.3 Å². The van der Waals surface area contributed by atoms with Crippen LogP contribution in [0.2, 0.25) is 0 Å². The highest BCUT2D eigenvalue weighted by atomic mass is 32.2. The lowest BCUT2D eigenvalue weighted by Crippen LogP contribution is -2.38. The zero-order chi connectivity index (χ0) is 27.3. The Bertz CT molecular complexity index is 1620. The van der Waals surface area contributed by atoms with Crippen LogP contribution in [0.25, 0.3) is 0 Å². The summed E-state index contributed by atoms with van der Waals surface area (Å²) in [6.07, 6.45) is 2.92. The second-order valence-electron chi connectivity index (χ2n) is 8.59. The number of nitrogens with one attached hydrogen (secondary N) is 2. The second-order valence-corrected chi connectivity index (χ2v) is 12.1. The molecule has 1 amide bonds. The summed E-state index contributed by atoms with van der Waals surface area (Å²) in [4.78, 5) is 16.9. The topological polar surface area (TPSA) is 126 Å². The molecule has 196 valence electrons. The van der Waals surface area contributed by atoms with Crippen LogP contribution in [0.1, 0.15) is 11.1 Å². The summed E-state index contributed by atoms with van der Waals surface area (Å²) >= 11 is 0. The SMILES string of the molecule is Cc1cc(C)cc(N(CC(=O)Nc2ccc(S(=O)(=O)Nc3cccnc3)cc2)S(=O)(=O)c2ccccc2)c1. The van der Waals surface area contributed by atoms with E-state index in [4.69, 9.17) is 0 Å². The molecule has 0 unspecified atom stereocenters. The molecule has 9 nitrogen and oxygen atoms in total. The van der Waals surface area contributed by atoms with E-state index in [-0.39, 0.29) is 9.79 Å². The number of sulfonamides is 2. The van der Waals surface area contributed by atoms with Gasteiger partial charge in [-0.3, -0.25) is 18.8 Å². The van der Waals surface area contributed by atoms with E-state index in [1.165, 1.54) is 48.8 Å². The van der Waals surface area contributed by atoms with Gasteiger partial charge in [0.25, 0.3) is 20.0 Å². The average molecular weight is 551 g/mol. The highest BCUT2D eigenvalue weighted by molar-refractivity contribution is 7.93. The van der Waals surface area contributed by atoms with Gasteiger partial charge in [-0.2, -0.15) is 0 Å². The van der Waals surface area contributed by atoms with E-state index < -0.39 is 32.5 Å². The Morgan fingerprint density at radius 3 is 2.05 bits per heavy atom. The Labute approximate surface area is 222 Å². The second kappa shape index (κ2) is 11.0. The summed E-state index contributed by atoms with van der Waals surface area (Å²) in [5.41, 5.74) is 2.70. The monoisotopic (exact) mass is 550 g/mol. The molecule has 11 heteroatoms. The maximum Gasteiger partial charge on any atom is 0.264 e. The van der Waals surface area contributed by atoms with Gasteiger partial charge in [0.2, 0.25) is 5.91 Å². The van der Waals surface area contributed by atoms with Gasteiger partial charge >= 0.3 is 0 Å². The number of anilines is 3. The lowest BCUT2D eigenvalue weighted by atomic mass is 10.1. The van der Waals surface area contributed by atoms with Crippen molar-refractivity contribution < 1.29 is 21.6 Å². The van der Waals surface area contributed by atoms with Crippen molar-refractivity contribution in [3.63, 3.8) is 0 Å². The highest BCUT2D eigenvalue weighted by Gasteiger charge is 2.27. The van der Waals surface area contributed by atoms with E-state index in [1.54, 1.807) is 42.5 Å². The zero-order valence-electron chi connectivity index (χ0n) is 20.7. The molecule has 1 heterocycles. The number of carbonyl (C=O) groups is 1. The molecule has 0 saturated heterocycles. The minimum atomic E-state index is -4.05. The number of benzene rings is 3. The Morgan fingerprint density at radius 2 is 1.45 bits per heavy atom. The zero-order valence-corrected chi connectivity index (χ0v) is 22.3. The molecule has 0 aliphatic rings. The Morgan fingerprint density at radius 1 is 0.789 bits per heavy atom. The fraction of sp³-hybridized carbons (Fsp3) is 0.111. The maximum atomic E-state index is 13.5. The third-order valence-corrected chi connectivity index (χ3v) is 8.66. The van der Waals surface area contributed by atoms with Crippen molar-refractivity contribution in [2.75, 3.05) is 20.9 Å². The first-order valence-corrected chi connectivity index (χ1v) is 14.5. The van der Waals surface area contributed by atoms with E-state index >= 15 is 0 Å². The van der Waals surface area contributed by atoms with Gasteiger partial charge in [-0.05, 0) is 85.6 Å². The number of hydrogen-bond donors (Lipinski definition) is 2. The highest BCUT2D eigenvalue weighted by Crippen LogP contribution is 2.26. The fourth-order valence-electron chi connectivity index (χ4n) is 3.81. The summed E-state index contributed by atoms with van der Waals surface area (Å²) in [6.45, 7) is 3.22. The Hall–Kier alpha value is -4.22. The van der Waals surface area contributed by atoms with Crippen LogP contribution in [0.4, 0.5) is 17.1 Å². The summed E-state index contributed by atoms with van der Waals surface area (Å²) in [5, 5.41) is 2.65. The molecular weight excluding hydrogens is 524 g/mol. The minimum Gasteiger partial charge on any atom is -0.325 e. The van der Waals surface area contributed by atoms with Gasteiger partial charge in [0.15, 0.2) is 0 Å². The molecule has 0 aliphatic carbocycles. The minimum absolute atomic E-state index is 0.0112. The third-order valence-electron chi connectivity index (χ3n) is 5.47. The van der Waals surface area contributed by atoms with Crippen LogP contribution in [0.3, 0.4) is 0 Å². The number of amides is 1. The Balaban J connectivity index is 1.55. The van der Waals surface area contributed by atoms with Crippen molar-refractivity contribution in [2.45, 2.75) is 23.6 Å². The van der Waals surface area contributed by atoms with E-state index in [1.807, 2.05) is 19.9 Å². The number of rotatable bonds is 9. The molecule has 0 fully saturated rings. The van der Waals surface area contributed by atoms with Crippen LogP contribution in [-0.4, -0.2) is 34.3 Å². The molecule has 38 heavy (non-hydrogen) atoms. The maximum absolute atomic E-state index is 13.5. The van der Waals surface area contributed by atoms with Gasteiger partial charge in [0.05, 0.1) is 27.4 Å². The van der Waals surface area contributed by atoms with Gasteiger partial charge in [0, 0.05) is 11.9 Å². The molecule has 0 atom stereocenters. The number of nitrogens with zero attached hydrogens (tertiary/aromatic N) is 2. The van der Waals surface area contributed by atoms with Crippen molar-refractivity contribution in [2.24, 2.45) is 0 Å². The van der Waals surface area contributed by atoms with Gasteiger partial charge in [-0.25, -0.2) is 16.8 Å². The predicted octanol–water partition coefficient (Wildman–Crippen LogP) is 4.33. The number of carbonyl (C=O) groups excluding carboxylic acids is 1. The van der Waals surface area contributed by atoms with Crippen LogP contribution in [0.15, 0.2) is 107 Å². The summed E-state index contributed by atoms with van der Waals surface area (Å²) in [5.74, 6) is -0.590. The van der Waals surface area contributed by atoms with Crippen molar-refractivity contribution in [1.29, 1.82) is 0 Å². The third kappa shape index (κ3) is 6.36. The first-order chi connectivity index (χ1) is 18.0. The van der Waals surface area contributed by atoms with Crippen LogP contribution in [0.5, 0.6) is 0 Å². The molecule has 1 aromatic heterocycles. The van der Waals surface area contributed by atoms with Crippen LogP contribution in [-0.2, 0) is 24.8 Å². The molecule has 3 aromatic carbocycles. The first-order valence-electron chi connectivity index (χ1n) is 11.5. The predicted molar refractivity (Wildman–Crippen MR) is 147 cm³/mol. The number of hydrogen-bond acceptors (Lipinski definition) is 6. The lowest BCUT2D eigenvalue weighted by Gasteiger charge is -2.25. The van der Waals surface area contributed by atoms with Gasteiger partial charge in [-0.15, -0.1) is 0 Å². The lowest BCUT2D eigenvalue weighted by molar-refractivity contribution is -0.114. The van der Waals surface area contributed by atoms with E-state index in [0.29, 0.717) is 17.1 Å². The van der Waals surface area contributed by atoms with E-state index in [9.17, 15) is 21.6 Å². The molecule has 0 aliphatic heterocycles. The largest absolute Gasteiger partial charge is 0.325 e. The molecule has 4 rings (SSSR count). The number of pyridine rings is 1. The van der Waals surface area contributed by atoms with Crippen molar-refractivity contribution >= 4 is 43.0 Å². The van der Waals surface area contributed by atoms with Crippen molar-refractivity contribution in [1.82, 2.24) is 4.98 Å².